The molecule has 2 aromatic rings. The van der Waals surface area contributed by atoms with E-state index < -0.39 is 0 Å². The number of aromatic nitrogens is 3. The van der Waals surface area contributed by atoms with Crippen LogP contribution < -0.4 is 4.74 Å². The van der Waals surface area contributed by atoms with Crippen molar-refractivity contribution in [3.05, 3.63) is 41.7 Å². The Morgan fingerprint density at radius 2 is 2.04 bits per heavy atom. The van der Waals surface area contributed by atoms with Crippen LogP contribution in [0.4, 0.5) is 0 Å². The number of carbonyl (C=O) groups is 1. The second-order valence-electron chi connectivity index (χ2n) is 7.43. The monoisotopic (exact) mass is 370 g/mol. The smallest absolute Gasteiger partial charge is 0.263 e. The van der Waals surface area contributed by atoms with Gasteiger partial charge < -0.3 is 14.7 Å². The fourth-order valence-corrected chi connectivity index (χ4v) is 3.96. The summed E-state index contributed by atoms with van der Waals surface area (Å²) in [7, 11) is 0. The van der Waals surface area contributed by atoms with Crippen LogP contribution in [0.1, 0.15) is 30.5 Å². The van der Waals surface area contributed by atoms with Gasteiger partial charge in [-0.25, -0.2) is 0 Å². The van der Waals surface area contributed by atoms with E-state index in [2.05, 4.69) is 16.4 Å². The number of hydrogen-bond donors (Lipinski definition) is 1. The molecule has 1 aromatic carbocycles. The minimum Gasteiger partial charge on any atom is -0.480 e. The molecule has 144 valence electrons. The summed E-state index contributed by atoms with van der Waals surface area (Å²) < 4.78 is 7.82. The van der Waals surface area contributed by atoms with Crippen LogP contribution >= 0.6 is 0 Å². The number of hydrogen-bond acceptors (Lipinski definition) is 5. The molecule has 0 radical (unpaired) electrons. The number of piperidine rings is 1. The summed E-state index contributed by atoms with van der Waals surface area (Å²) in [6.07, 6.45) is 5.66. The van der Waals surface area contributed by atoms with E-state index >= 15 is 0 Å². The Morgan fingerprint density at radius 1 is 1.22 bits per heavy atom. The zero-order chi connectivity index (χ0) is 18.6. The van der Waals surface area contributed by atoms with Crippen molar-refractivity contribution in [2.24, 2.45) is 5.92 Å². The number of carbonyl (C=O) groups excluding carboxylic acids is 1. The van der Waals surface area contributed by atoms with Gasteiger partial charge in [-0.3, -0.25) is 9.48 Å². The molecule has 3 heterocycles. The maximum atomic E-state index is 12.9. The van der Waals surface area contributed by atoms with Crippen LogP contribution in [0.25, 0.3) is 0 Å². The second-order valence-corrected chi connectivity index (χ2v) is 7.43. The van der Waals surface area contributed by atoms with Gasteiger partial charge in [0, 0.05) is 38.9 Å². The highest BCUT2D eigenvalue weighted by Crippen LogP contribution is 2.29. The van der Waals surface area contributed by atoms with Crippen molar-refractivity contribution in [2.45, 2.75) is 44.8 Å². The summed E-state index contributed by atoms with van der Waals surface area (Å²) in [6.45, 7) is 2.44. The molecule has 7 heteroatoms. The van der Waals surface area contributed by atoms with E-state index in [0.29, 0.717) is 12.3 Å². The molecule has 2 aliphatic rings. The Kier molecular flexibility index (Phi) is 5.38. The number of rotatable bonds is 5. The SMILES string of the molecule is O=C([C@H]1CCc2ccccc2O1)N1CCC(Cn2cc(CCO)nn2)CC1. The van der Waals surface area contributed by atoms with Crippen molar-refractivity contribution in [1.82, 2.24) is 19.9 Å². The summed E-state index contributed by atoms with van der Waals surface area (Å²) >= 11 is 0. The number of aliphatic hydroxyl groups excluding tert-OH is 1. The third kappa shape index (κ3) is 4.13. The molecule has 0 bridgehead atoms. The lowest BCUT2D eigenvalue weighted by Crippen LogP contribution is -2.47. The Morgan fingerprint density at radius 3 is 2.85 bits per heavy atom. The van der Waals surface area contributed by atoms with Crippen molar-refractivity contribution in [3.8, 4) is 5.75 Å². The zero-order valence-corrected chi connectivity index (χ0v) is 15.5. The first-order valence-electron chi connectivity index (χ1n) is 9.76. The molecular formula is C20H26N4O3. The minimum atomic E-state index is -0.354. The summed E-state index contributed by atoms with van der Waals surface area (Å²) in [5.41, 5.74) is 2.01. The molecular weight excluding hydrogens is 344 g/mol. The van der Waals surface area contributed by atoms with Gasteiger partial charge in [-0.05, 0) is 43.2 Å². The molecule has 27 heavy (non-hydrogen) atoms. The van der Waals surface area contributed by atoms with Gasteiger partial charge in [0.2, 0.25) is 0 Å². The number of ether oxygens (including phenoxy) is 1. The number of benzene rings is 1. The van der Waals surface area contributed by atoms with Crippen LogP contribution in [0.2, 0.25) is 0 Å². The first-order chi connectivity index (χ1) is 13.2. The van der Waals surface area contributed by atoms with E-state index in [0.717, 1.165) is 56.8 Å². The normalized spacial score (nSPS) is 20.2. The molecule has 1 atom stereocenters. The molecule has 1 saturated heterocycles. The van der Waals surface area contributed by atoms with Crippen molar-refractivity contribution in [3.63, 3.8) is 0 Å². The maximum Gasteiger partial charge on any atom is 0.263 e. The average molecular weight is 370 g/mol. The van der Waals surface area contributed by atoms with Crippen LogP contribution in [0, 0.1) is 5.92 Å². The van der Waals surface area contributed by atoms with Crippen LogP contribution in [-0.4, -0.2) is 56.7 Å². The number of aryl methyl sites for hydroxylation is 1. The van der Waals surface area contributed by atoms with Gasteiger partial charge in [0.1, 0.15) is 5.75 Å². The molecule has 1 fully saturated rings. The highest BCUT2D eigenvalue weighted by atomic mass is 16.5. The van der Waals surface area contributed by atoms with Gasteiger partial charge >= 0.3 is 0 Å². The zero-order valence-electron chi connectivity index (χ0n) is 15.5. The molecule has 1 N–H and O–H groups in total. The molecule has 2 aliphatic heterocycles. The van der Waals surface area contributed by atoms with Gasteiger partial charge in [-0.2, -0.15) is 0 Å². The highest BCUT2D eigenvalue weighted by molar-refractivity contribution is 5.81. The predicted molar refractivity (Wildman–Crippen MR) is 99.3 cm³/mol. The Labute approximate surface area is 158 Å². The van der Waals surface area contributed by atoms with Gasteiger partial charge in [-0.1, -0.05) is 23.4 Å². The van der Waals surface area contributed by atoms with Crippen LogP contribution in [-0.2, 0) is 24.2 Å². The lowest BCUT2D eigenvalue weighted by atomic mass is 9.95. The number of nitrogens with zero attached hydrogens (tertiary/aromatic N) is 4. The van der Waals surface area contributed by atoms with E-state index in [1.54, 1.807) is 0 Å². The van der Waals surface area contributed by atoms with Crippen LogP contribution in [0.3, 0.4) is 0 Å². The van der Waals surface area contributed by atoms with E-state index in [1.165, 1.54) is 5.56 Å². The topological polar surface area (TPSA) is 80.5 Å². The molecule has 1 aromatic heterocycles. The number of para-hydroxylation sites is 1. The summed E-state index contributed by atoms with van der Waals surface area (Å²) in [5, 5.41) is 17.2. The Bertz CT molecular complexity index is 783. The second kappa shape index (κ2) is 8.08. The number of amides is 1. The predicted octanol–water partition coefficient (Wildman–Crippen LogP) is 1.45. The average Bonchev–Trinajstić information content (AvgIpc) is 3.15. The molecule has 1 amide bonds. The summed E-state index contributed by atoms with van der Waals surface area (Å²) in [5.74, 6) is 1.46. The van der Waals surface area contributed by atoms with Crippen LogP contribution in [0.5, 0.6) is 5.75 Å². The van der Waals surface area contributed by atoms with Gasteiger partial charge in [0.15, 0.2) is 6.10 Å². The van der Waals surface area contributed by atoms with Crippen molar-refractivity contribution in [2.75, 3.05) is 19.7 Å². The van der Waals surface area contributed by atoms with E-state index in [1.807, 2.05) is 34.0 Å². The summed E-state index contributed by atoms with van der Waals surface area (Å²) in [6, 6.07) is 7.98. The first-order valence-corrected chi connectivity index (χ1v) is 9.76. The first kappa shape index (κ1) is 18.0. The van der Waals surface area contributed by atoms with Crippen molar-refractivity contribution >= 4 is 5.91 Å². The highest BCUT2D eigenvalue weighted by Gasteiger charge is 2.32. The van der Waals surface area contributed by atoms with E-state index in [9.17, 15) is 4.79 Å². The fourth-order valence-electron chi connectivity index (χ4n) is 3.96. The standard InChI is InChI=1S/C20H26N4O3/c25-12-9-17-14-24(22-21-17)13-15-7-10-23(11-8-15)20(26)19-6-5-16-3-1-2-4-18(16)27-19/h1-4,14-15,19,25H,5-13H2/t19-/m1/s1. The molecule has 4 rings (SSSR count). The van der Waals surface area contributed by atoms with Crippen molar-refractivity contribution in [1.29, 1.82) is 0 Å². The van der Waals surface area contributed by atoms with Gasteiger partial charge in [0.25, 0.3) is 5.91 Å². The lowest BCUT2D eigenvalue weighted by Gasteiger charge is -2.35. The van der Waals surface area contributed by atoms with E-state index in [4.69, 9.17) is 9.84 Å². The lowest BCUT2D eigenvalue weighted by molar-refractivity contribution is -0.141. The van der Waals surface area contributed by atoms with Crippen molar-refractivity contribution < 1.29 is 14.6 Å². The third-order valence-corrected chi connectivity index (χ3v) is 5.52. The number of likely N-dealkylation sites (tertiary alicyclic amines) is 1. The quantitative estimate of drug-likeness (QED) is 0.862. The van der Waals surface area contributed by atoms with Gasteiger partial charge in [-0.15, -0.1) is 5.10 Å². The van der Waals surface area contributed by atoms with Crippen LogP contribution in [0.15, 0.2) is 30.5 Å². The Balaban J connectivity index is 1.28. The molecule has 0 unspecified atom stereocenters. The molecule has 0 spiro atoms. The number of aliphatic hydroxyl groups is 1. The largest absolute Gasteiger partial charge is 0.480 e. The van der Waals surface area contributed by atoms with Gasteiger partial charge in [0.05, 0.1) is 5.69 Å². The third-order valence-electron chi connectivity index (χ3n) is 5.52. The van der Waals surface area contributed by atoms with E-state index in [-0.39, 0.29) is 18.6 Å². The number of fused-ring (bicyclic) bond motifs is 1. The summed E-state index contributed by atoms with van der Waals surface area (Å²) in [4.78, 5) is 14.8. The molecule has 0 saturated carbocycles. The molecule has 0 aliphatic carbocycles. The Hall–Kier alpha value is -2.41. The molecule has 7 nitrogen and oxygen atoms in total. The maximum absolute atomic E-state index is 12.9. The minimum absolute atomic E-state index is 0.0902. The fraction of sp³-hybridized carbons (Fsp3) is 0.550.